The molecule has 0 amide bonds. The lowest BCUT2D eigenvalue weighted by Crippen LogP contribution is -2.40. The van der Waals surface area contributed by atoms with Gasteiger partial charge in [0, 0.05) is 31.8 Å². The van der Waals surface area contributed by atoms with Crippen molar-refractivity contribution in [1.29, 1.82) is 0 Å². The van der Waals surface area contributed by atoms with Crippen molar-refractivity contribution < 1.29 is 4.74 Å². The van der Waals surface area contributed by atoms with Gasteiger partial charge in [0.25, 0.3) is 0 Å². The molecule has 0 aliphatic carbocycles. The molecule has 1 aliphatic rings. The van der Waals surface area contributed by atoms with Gasteiger partial charge in [-0.1, -0.05) is 17.7 Å². The molecule has 0 saturated carbocycles. The minimum atomic E-state index is 0.753. The van der Waals surface area contributed by atoms with Crippen molar-refractivity contribution in [3.8, 4) is 0 Å². The van der Waals surface area contributed by atoms with Gasteiger partial charge in [0.15, 0.2) is 0 Å². The molecule has 1 fully saturated rings. The molecule has 0 spiro atoms. The highest BCUT2D eigenvalue weighted by Crippen LogP contribution is 2.17. The summed E-state index contributed by atoms with van der Waals surface area (Å²) in [6.45, 7) is 8.44. The lowest BCUT2D eigenvalue weighted by atomic mass is 9.98. The van der Waals surface area contributed by atoms with Crippen LogP contribution in [0, 0.1) is 12.8 Å². The van der Waals surface area contributed by atoms with Crippen LogP contribution < -0.4 is 5.32 Å². The van der Waals surface area contributed by atoms with E-state index in [1.807, 2.05) is 12.1 Å². The third-order valence-corrected chi connectivity index (χ3v) is 4.50. The third kappa shape index (κ3) is 5.59. The van der Waals surface area contributed by atoms with Crippen LogP contribution in [0.1, 0.15) is 24.0 Å². The Kier molecular flexibility index (Phi) is 6.97. The van der Waals surface area contributed by atoms with Gasteiger partial charge in [0.05, 0.1) is 6.61 Å². The summed E-state index contributed by atoms with van der Waals surface area (Å²) < 4.78 is 5.17. The van der Waals surface area contributed by atoms with Crippen LogP contribution in [0.25, 0.3) is 0 Å². The first kappa shape index (κ1) is 16.8. The average molecular weight is 311 g/mol. The van der Waals surface area contributed by atoms with Crippen LogP contribution >= 0.6 is 11.6 Å². The number of halogens is 1. The summed E-state index contributed by atoms with van der Waals surface area (Å²) in [6, 6.07) is 6.13. The number of methoxy groups -OCH3 is 1. The minimum absolute atomic E-state index is 0.753. The van der Waals surface area contributed by atoms with E-state index in [-0.39, 0.29) is 0 Å². The van der Waals surface area contributed by atoms with Crippen molar-refractivity contribution in [2.75, 3.05) is 39.9 Å². The molecule has 4 heteroatoms. The fourth-order valence-electron chi connectivity index (χ4n) is 3.01. The molecular formula is C17H27ClN2O. The van der Waals surface area contributed by atoms with Gasteiger partial charge in [-0.15, -0.1) is 0 Å². The summed E-state index contributed by atoms with van der Waals surface area (Å²) in [5.74, 6) is 0.753. The molecular weight excluding hydrogens is 284 g/mol. The number of piperidine rings is 1. The first-order valence-corrected chi connectivity index (χ1v) is 8.24. The summed E-state index contributed by atoms with van der Waals surface area (Å²) in [7, 11) is 1.78. The first-order chi connectivity index (χ1) is 10.2. The number of nitrogens with one attached hydrogen (secondary N) is 1. The van der Waals surface area contributed by atoms with Crippen molar-refractivity contribution in [3.63, 3.8) is 0 Å². The predicted molar refractivity (Wildman–Crippen MR) is 88.9 cm³/mol. The number of hydrogen-bond acceptors (Lipinski definition) is 3. The maximum Gasteiger partial charge on any atom is 0.0589 e. The van der Waals surface area contributed by atoms with Crippen LogP contribution in [0.4, 0.5) is 0 Å². The maximum absolute atomic E-state index is 5.99. The summed E-state index contributed by atoms with van der Waals surface area (Å²) in [5, 5.41) is 4.42. The lowest BCUT2D eigenvalue weighted by molar-refractivity contribution is 0.114. The zero-order chi connectivity index (χ0) is 15.1. The SMILES string of the molecule is COCCN1CCCC(CNCc2ccc(Cl)cc2C)C1. The average Bonchev–Trinajstić information content (AvgIpc) is 2.48. The lowest BCUT2D eigenvalue weighted by Gasteiger charge is -2.32. The van der Waals surface area contributed by atoms with Crippen LogP contribution in [-0.2, 0) is 11.3 Å². The molecule has 118 valence electrons. The van der Waals surface area contributed by atoms with Gasteiger partial charge >= 0.3 is 0 Å². The van der Waals surface area contributed by atoms with Gasteiger partial charge in [0.2, 0.25) is 0 Å². The van der Waals surface area contributed by atoms with E-state index in [0.717, 1.165) is 37.2 Å². The predicted octanol–water partition coefficient (Wildman–Crippen LogP) is 3.10. The van der Waals surface area contributed by atoms with Crippen LogP contribution in [0.5, 0.6) is 0 Å². The molecule has 0 aromatic heterocycles. The molecule has 3 nitrogen and oxygen atoms in total. The highest BCUT2D eigenvalue weighted by Gasteiger charge is 2.19. The van der Waals surface area contributed by atoms with Crippen molar-refractivity contribution in [3.05, 3.63) is 34.3 Å². The van der Waals surface area contributed by atoms with Crippen LogP contribution in [0.15, 0.2) is 18.2 Å². The maximum atomic E-state index is 5.99. The highest BCUT2D eigenvalue weighted by atomic mass is 35.5. The second kappa shape index (κ2) is 8.74. The van der Waals surface area contributed by atoms with Crippen LogP contribution in [0.2, 0.25) is 5.02 Å². The van der Waals surface area contributed by atoms with Gasteiger partial charge in [-0.2, -0.15) is 0 Å². The Balaban J connectivity index is 1.72. The van der Waals surface area contributed by atoms with E-state index >= 15 is 0 Å². The van der Waals surface area contributed by atoms with E-state index in [0.29, 0.717) is 0 Å². The van der Waals surface area contributed by atoms with E-state index in [4.69, 9.17) is 16.3 Å². The number of aryl methyl sites for hydroxylation is 1. The van der Waals surface area contributed by atoms with E-state index in [1.165, 1.54) is 37.1 Å². The summed E-state index contributed by atoms with van der Waals surface area (Å²) in [4.78, 5) is 2.52. The Morgan fingerprint density at radius 3 is 3.05 bits per heavy atom. The summed E-state index contributed by atoms with van der Waals surface area (Å²) in [5.41, 5.74) is 2.60. The van der Waals surface area contributed by atoms with Gasteiger partial charge in [-0.3, -0.25) is 0 Å². The Hall–Kier alpha value is -0.610. The Morgan fingerprint density at radius 1 is 1.43 bits per heavy atom. The minimum Gasteiger partial charge on any atom is -0.383 e. The molecule has 1 unspecified atom stereocenters. The number of likely N-dealkylation sites (tertiary alicyclic amines) is 1. The second-order valence-electron chi connectivity index (χ2n) is 6.00. The van der Waals surface area contributed by atoms with Crippen molar-refractivity contribution in [1.82, 2.24) is 10.2 Å². The number of rotatable bonds is 7. The summed E-state index contributed by atoms with van der Waals surface area (Å²) >= 11 is 5.99. The monoisotopic (exact) mass is 310 g/mol. The molecule has 1 N–H and O–H groups in total. The van der Waals surface area contributed by atoms with Gasteiger partial charge in [0.1, 0.15) is 0 Å². The van der Waals surface area contributed by atoms with Crippen molar-refractivity contribution in [2.24, 2.45) is 5.92 Å². The smallest absolute Gasteiger partial charge is 0.0589 e. The normalized spacial score (nSPS) is 19.9. The molecule has 1 saturated heterocycles. The van der Waals surface area contributed by atoms with E-state index in [9.17, 15) is 0 Å². The molecule has 1 aliphatic heterocycles. The third-order valence-electron chi connectivity index (χ3n) is 4.27. The first-order valence-electron chi connectivity index (χ1n) is 7.86. The number of ether oxygens (including phenoxy) is 1. The standard InChI is InChI=1S/C17H27ClN2O/c1-14-10-17(18)6-5-16(14)12-19-11-15-4-3-7-20(13-15)8-9-21-2/h5-6,10,15,19H,3-4,7-9,11-13H2,1-2H3. The molecule has 0 bridgehead atoms. The molecule has 0 radical (unpaired) electrons. The Morgan fingerprint density at radius 2 is 2.29 bits per heavy atom. The fraction of sp³-hybridized carbons (Fsp3) is 0.647. The second-order valence-corrected chi connectivity index (χ2v) is 6.44. The summed E-state index contributed by atoms with van der Waals surface area (Å²) in [6.07, 6.45) is 2.63. The van der Waals surface area contributed by atoms with Crippen molar-refractivity contribution in [2.45, 2.75) is 26.3 Å². The molecule has 1 aromatic rings. The van der Waals surface area contributed by atoms with Gasteiger partial charge in [-0.05, 0) is 62.0 Å². The van der Waals surface area contributed by atoms with Crippen LogP contribution in [-0.4, -0.2) is 44.8 Å². The van der Waals surface area contributed by atoms with Gasteiger partial charge in [-0.25, -0.2) is 0 Å². The van der Waals surface area contributed by atoms with E-state index < -0.39 is 0 Å². The van der Waals surface area contributed by atoms with E-state index in [1.54, 1.807) is 7.11 Å². The Labute approximate surface area is 133 Å². The molecule has 1 aromatic carbocycles. The van der Waals surface area contributed by atoms with Crippen molar-refractivity contribution >= 4 is 11.6 Å². The largest absolute Gasteiger partial charge is 0.383 e. The number of hydrogen-bond donors (Lipinski definition) is 1. The van der Waals surface area contributed by atoms with E-state index in [2.05, 4.69) is 23.2 Å². The Bertz CT molecular complexity index is 439. The molecule has 21 heavy (non-hydrogen) atoms. The zero-order valence-corrected chi connectivity index (χ0v) is 14.0. The number of benzene rings is 1. The van der Waals surface area contributed by atoms with Gasteiger partial charge < -0.3 is 15.0 Å². The fourth-order valence-corrected chi connectivity index (χ4v) is 3.24. The number of nitrogens with zero attached hydrogens (tertiary/aromatic N) is 1. The topological polar surface area (TPSA) is 24.5 Å². The molecule has 1 atom stereocenters. The molecule has 2 rings (SSSR count). The van der Waals surface area contributed by atoms with Crippen LogP contribution in [0.3, 0.4) is 0 Å². The highest BCUT2D eigenvalue weighted by molar-refractivity contribution is 6.30. The quantitative estimate of drug-likeness (QED) is 0.837. The molecule has 1 heterocycles. The zero-order valence-electron chi connectivity index (χ0n) is 13.2.